The molecule has 1 unspecified atom stereocenters. The molecule has 8 heteroatoms. The summed E-state index contributed by atoms with van der Waals surface area (Å²) >= 11 is 0. The molecule has 0 aromatic carbocycles. The Morgan fingerprint density at radius 3 is 2.67 bits per heavy atom. The van der Waals surface area contributed by atoms with Crippen LogP contribution in [0.4, 0.5) is 0 Å². The second kappa shape index (κ2) is 6.68. The van der Waals surface area contributed by atoms with E-state index in [4.69, 9.17) is 10.00 Å². The molecule has 0 bridgehead atoms. The lowest BCUT2D eigenvalue weighted by atomic mass is 10.3. The molecule has 1 rings (SSSR count). The number of morpholine rings is 1. The first-order chi connectivity index (χ1) is 8.47. The van der Waals surface area contributed by atoms with Crippen molar-refractivity contribution in [3.8, 4) is 6.07 Å². The third-order valence-electron chi connectivity index (χ3n) is 2.65. The van der Waals surface area contributed by atoms with Crippen molar-refractivity contribution >= 4 is 15.9 Å². The predicted molar refractivity (Wildman–Crippen MR) is 64.0 cm³/mol. The highest BCUT2D eigenvalue weighted by Crippen LogP contribution is 2.01. The zero-order chi connectivity index (χ0) is 13.6. The third-order valence-corrected chi connectivity index (χ3v) is 4.30. The summed E-state index contributed by atoms with van der Waals surface area (Å²) < 4.78 is 30.2. The molecular weight excluding hydrogens is 258 g/mol. The average molecular weight is 275 g/mol. The molecule has 1 fully saturated rings. The molecule has 0 aromatic rings. The smallest absolute Gasteiger partial charge is 0.227 e. The van der Waals surface area contributed by atoms with Crippen LogP contribution in [0.25, 0.3) is 0 Å². The first-order valence-corrected chi connectivity index (χ1v) is 7.25. The summed E-state index contributed by atoms with van der Waals surface area (Å²) in [7, 11) is -3.64. The first kappa shape index (κ1) is 14.9. The number of rotatable bonds is 5. The molecule has 0 spiro atoms. The van der Waals surface area contributed by atoms with Crippen LogP contribution in [0.2, 0.25) is 0 Å². The number of nitrogens with zero attached hydrogens (tertiary/aromatic N) is 2. The van der Waals surface area contributed by atoms with Crippen LogP contribution in [-0.4, -0.2) is 57.3 Å². The van der Waals surface area contributed by atoms with Crippen LogP contribution < -0.4 is 4.72 Å². The number of sulfonamides is 1. The lowest BCUT2D eigenvalue weighted by Gasteiger charge is -2.26. The van der Waals surface area contributed by atoms with Gasteiger partial charge in [0.05, 0.1) is 19.3 Å². The van der Waals surface area contributed by atoms with Crippen molar-refractivity contribution in [3.63, 3.8) is 0 Å². The summed E-state index contributed by atoms with van der Waals surface area (Å²) in [6, 6.07) is 1.64. The second-order valence-corrected chi connectivity index (χ2v) is 6.04. The van der Waals surface area contributed by atoms with Gasteiger partial charge in [-0.25, -0.2) is 13.1 Å². The van der Waals surface area contributed by atoms with E-state index in [0.717, 1.165) is 0 Å². The Bertz CT molecular complexity index is 423. The van der Waals surface area contributed by atoms with Gasteiger partial charge in [-0.15, -0.1) is 0 Å². The Morgan fingerprint density at radius 2 is 2.11 bits per heavy atom. The van der Waals surface area contributed by atoms with E-state index in [1.54, 1.807) is 11.0 Å². The van der Waals surface area contributed by atoms with E-state index in [2.05, 4.69) is 4.72 Å². The quantitative estimate of drug-likeness (QED) is 0.698. The molecule has 18 heavy (non-hydrogen) atoms. The topological polar surface area (TPSA) is 99.5 Å². The SMILES string of the molecule is CC(C#N)S(=O)(=O)NCCC(=O)N1CCOCC1. The minimum Gasteiger partial charge on any atom is -0.378 e. The van der Waals surface area contributed by atoms with E-state index >= 15 is 0 Å². The molecule has 1 amide bonds. The van der Waals surface area contributed by atoms with Gasteiger partial charge in [-0.2, -0.15) is 5.26 Å². The van der Waals surface area contributed by atoms with E-state index in [1.807, 2.05) is 0 Å². The molecule has 1 heterocycles. The Morgan fingerprint density at radius 1 is 1.50 bits per heavy atom. The summed E-state index contributed by atoms with van der Waals surface area (Å²) in [5.74, 6) is -0.106. The molecule has 1 aliphatic rings. The van der Waals surface area contributed by atoms with Gasteiger partial charge in [0.2, 0.25) is 15.9 Å². The van der Waals surface area contributed by atoms with Gasteiger partial charge in [0, 0.05) is 26.1 Å². The highest BCUT2D eigenvalue weighted by Gasteiger charge is 2.21. The van der Waals surface area contributed by atoms with E-state index in [0.29, 0.717) is 26.3 Å². The van der Waals surface area contributed by atoms with E-state index in [9.17, 15) is 13.2 Å². The van der Waals surface area contributed by atoms with Gasteiger partial charge in [-0.3, -0.25) is 4.79 Å². The molecule has 1 saturated heterocycles. The Kier molecular flexibility index (Phi) is 5.53. The maximum Gasteiger partial charge on any atom is 0.227 e. The number of ether oxygens (including phenoxy) is 1. The van der Waals surface area contributed by atoms with Crippen molar-refractivity contribution in [3.05, 3.63) is 0 Å². The summed E-state index contributed by atoms with van der Waals surface area (Å²) in [5.41, 5.74) is 0. The summed E-state index contributed by atoms with van der Waals surface area (Å²) in [4.78, 5) is 13.3. The van der Waals surface area contributed by atoms with Crippen molar-refractivity contribution in [1.82, 2.24) is 9.62 Å². The van der Waals surface area contributed by atoms with Gasteiger partial charge in [0.15, 0.2) is 5.25 Å². The van der Waals surface area contributed by atoms with Crippen LogP contribution >= 0.6 is 0 Å². The number of carbonyl (C=O) groups is 1. The van der Waals surface area contributed by atoms with Gasteiger partial charge < -0.3 is 9.64 Å². The van der Waals surface area contributed by atoms with E-state index < -0.39 is 15.3 Å². The van der Waals surface area contributed by atoms with Crippen LogP contribution in [0.1, 0.15) is 13.3 Å². The van der Waals surface area contributed by atoms with Crippen molar-refractivity contribution in [2.45, 2.75) is 18.6 Å². The molecule has 0 radical (unpaired) electrons. The van der Waals surface area contributed by atoms with Gasteiger partial charge >= 0.3 is 0 Å². The summed E-state index contributed by atoms with van der Waals surface area (Å²) in [6.07, 6.45) is 0.0946. The van der Waals surface area contributed by atoms with Crippen LogP contribution in [-0.2, 0) is 19.6 Å². The van der Waals surface area contributed by atoms with Crippen LogP contribution in [0.5, 0.6) is 0 Å². The molecule has 1 atom stereocenters. The van der Waals surface area contributed by atoms with Crippen molar-refractivity contribution in [2.24, 2.45) is 0 Å². The number of carbonyl (C=O) groups excluding carboxylic acids is 1. The number of nitriles is 1. The molecule has 0 saturated carbocycles. The zero-order valence-corrected chi connectivity index (χ0v) is 11.1. The molecule has 1 aliphatic heterocycles. The average Bonchev–Trinajstić information content (AvgIpc) is 2.38. The number of hydrogen-bond acceptors (Lipinski definition) is 5. The molecular formula is C10H17N3O4S. The first-order valence-electron chi connectivity index (χ1n) is 5.71. The monoisotopic (exact) mass is 275 g/mol. The number of nitrogens with one attached hydrogen (secondary N) is 1. The van der Waals surface area contributed by atoms with Crippen LogP contribution in [0.3, 0.4) is 0 Å². The minimum atomic E-state index is -3.64. The standard InChI is InChI=1S/C10H17N3O4S/c1-9(8-11)18(15,16)12-3-2-10(14)13-4-6-17-7-5-13/h9,12H,2-7H2,1H3. The fraction of sp³-hybridized carbons (Fsp3) is 0.800. The predicted octanol–water partition coefficient (Wildman–Crippen LogP) is -0.933. The van der Waals surface area contributed by atoms with Gasteiger partial charge in [0.1, 0.15) is 0 Å². The normalized spacial score (nSPS) is 18.1. The lowest BCUT2D eigenvalue weighted by molar-refractivity contribution is -0.135. The molecule has 7 nitrogen and oxygen atoms in total. The molecule has 1 N–H and O–H groups in total. The largest absolute Gasteiger partial charge is 0.378 e. The minimum absolute atomic E-state index is 0.0184. The van der Waals surface area contributed by atoms with Crippen molar-refractivity contribution in [1.29, 1.82) is 5.26 Å². The van der Waals surface area contributed by atoms with Crippen molar-refractivity contribution < 1.29 is 17.9 Å². The van der Waals surface area contributed by atoms with Crippen LogP contribution in [0.15, 0.2) is 0 Å². The second-order valence-electron chi connectivity index (χ2n) is 3.95. The Hall–Kier alpha value is -1.17. The molecule has 0 aromatic heterocycles. The number of hydrogen-bond donors (Lipinski definition) is 1. The fourth-order valence-electron chi connectivity index (χ4n) is 1.47. The maximum atomic E-state index is 11.7. The van der Waals surface area contributed by atoms with E-state index in [-0.39, 0.29) is 18.9 Å². The fourth-order valence-corrected chi connectivity index (χ4v) is 2.24. The van der Waals surface area contributed by atoms with E-state index in [1.165, 1.54) is 6.92 Å². The van der Waals surface area contributed by atoms with Crippen molar-refractivity contribution in [2.75, 3.05) is 32.8 Å². The maximum absolute atomic E-state index is 11.7. The van der Waals surface area contributed by atoms with Gasteiger partial charge in [-0.05, 0) is 6.92 Å². The van der Waals surface area contributed by atoms with Gasteiger partial charge in [0.25, 0.3) is 0 Å². The van der Waals surface area contributed by atoms with Crippen LogP contribution in [0, 0.1) is 11.3 Å². The molecule has 0 aliphatic carbocycles. The highest BCUT2D eigenvalue weighted by atomic mass is 32.2. The van der Waals surface area contributed by atoms with Gasteiger partial charge in [-0.1, -0.05) is 0 Å². The number of amides is 1. The molecule has 102 valence electrons. The lowest BCUT2D eigenvalue weighted by Crippen LogP contribution is -2.42. The summed E-state index contributed by atoms with van der Waals surface area (Å²) in [5, 5.41) is 7.41. The third kappa shape index (κ3) is 4.25. The highest BCUT2D eigenvalue weighted by molar-refractivity contribution is 7.90. The summed E-state index contributed by atoms with van der Waals surface area (Å²) in [6.45, 7) is 3.43. The zero-order valence-electron chi connectivity index (χ0n) is 10.3. The Labute approximate surface area is 107 Å². The Balaban J connectivity index is 2.33.